The molecule has 1 amide bonds. The van der Waals surface area contributed by atoms with E-state index in [1.54, 1.807) is 23.8 Å². The summed E-state index contributed by atoms with van der Waals surface area (Å²) >= 11 is 0. The maximum Gasteiger partial charge on any atom is 0.416 e. The molecule has 0 bridgehead atoms. The summed E-state index contributed by atoms with van der Waals surface area (Å²) < 4.78 is 45.9. The fraction of sp³-hybridized carbons (Fsp3) is 0.261. The van der Waals surface area contributed by atoms with Crippen molar-refractivity contribution in [2.24, 2.45) is 0 Å². The average Bonchev–Trinajstić information content (AvgIpc) is 2.79. The van der Waals surface area contributed by atoms with E-state index in [4.69, 9.17) is 4.74 Å². The molecule has 3 aromatic rings. The number of ether oxygens (including phenoxy) is 1. The molecule has 3 heterocycles. The molecule has 1 N–H and O–H groups in total. The summed E-state index contributed by atoms with van der Waals surface area (Å²) in [6.45, 7) is 4.32. The van der Waals surface area contributed by atoms with Crippen molar-refractivity contribution < 1.29 is 22.7 Å². The number of carbonyl (C=O) groups excluding carboxylic acids is 1. The highest BCUT2D eigenvalue weighted by atomic mass is 19.4. The third-order valence-electron chi connectivity index (χ3n) is 5.28. The van der Waals surface area contributed by atoms with E-state index in [-0.39, 0.29) is 11.3 Å². The second-order valence-electron chi connectivity index (χ2n) is 7.57. The number of morpholine rings is 1. The van der Waals surface area contributed by atoms with Gasteiger partial charge in [-0.25, -0.2) is 4.98 Å². The lowest BCUT2D eigenvalue weighted by Gasteiger charge is -2.28. The monoisotopic (exact) mass is 458 g/mol. The van der Waals surface area contributed by atoms with E-state index in [0.717, 1.165) is 18.0 Å². The molecule has 1 aromatic carbocycles. The van der Waals surface area contributed by atoms with Gasteiger partial charge in [0.2, 0.25) is 0 Å². The maximum absolute atomic E-state index is 13.0. The molecule has 1 aliphatic heterocycles. The Morgan fingerprint density at radius 3 is 2.61 bits per heavy atom. The van der Waals surface area contributed by atoms with Crippen LogP contribution >= 0.6 is 0 Å². The van der Waals surface area contributed by atoms with Gasteiger partial charge in [-0.3, -0.25) is 9.59 Å². The molecule has 0 aliphatic carbocycles. The highest BCUT2D eigenvalue weighted by molar-refractivity contribution is 6.04. The lowest BCUT2D eigenvalue weighted by atomic mass is 10.1. The van der Waals surface area contributed by atoms with Gasteiger partial charge in [-0.05, 0) is 31.2 Å². The first-order chi connectivity index (χ1) is 15.7. The first-order valence-electron chi connectivity index (χ1n) is 10.2. The molecule has 7 nitrogen and oxygen atoms in total. The van der Waals surface area contributed by atoms with Crippen molar-refractivity contribution in [2.75, 3.05) is 36.5 Å². The van der Waals surface area contributed by atoms with Crippen molar-refractivity contribution in [3.05, 3.63) is 81.9 Å². The number of anilines is 2. The van der Waals surface area contributed by atoms with Gasteiger partial charge in [-0.15, -0.1) is 0 Å². The third kappa shape index (κ3) is 5.06. The molecule has 2 aromatic heterocycles. The number of rotatable bonds is 4. The predicted molar refractivity (Wildman–Crippen MR) is 117 cm³/mol. The fourth-order valence-corrected chi connectivity index (χ4v) is 3.57. The number of carbonyl (C=O) groups is 1. The lowest BCUT2D eigenvalue weighted by molar-refractivity contribution is -0.137. The molecule has 1 saturated heterocycles. The van der Waals surface area contributed by atoms with Gasteiger partial charge >= 0.3 is 6.18 Å². The normalized spacial score (nSPS) is 14.2. The van der Waals surface area contributed by atoms with Gasteiger partial charge in [0.25, 0.3) is 5.91 Å². The minimum absolute atomic E-state index is 0.0557. The Hall–Kier alpha value is -3.66. The molecule has 10 heteroatoms. The summed E-state index contributed by atoms with van der Waals surface area (Å²) in [5.74, 6) is -0.0561. The Labute approximate surface area is 187 Å². The molecule has 4 rings (SSSR count). The van der Waals surface area contributed by atoms with Crippen LogP contribution in [0.25, 0.3) is 5.69 Å². The zero-order valence-electron chi connectivity index (χ0n) is 17.7. The van der Waals surface area contributed by atoms with Crippen molar-refractivity contribution in [3.8, 4) is 5.69 Å². The molecule has 33 heavy (non-hydrogen) atoms. The number of hydrogen-bond acceptors (Lipinski definition) is 5. The summed E-state index contributed by atoms with van der Waals surface area (Å²) in [5, 5.41) is 2.39. The largest absolute Gasteiger partial charge is 0.416 e. The Morgan fingerprint density at radius 1 is 1.12 bits per heavy atom. The highest BCUT2D eigenvalue weighted by Crippen LogP contribution is 2.30. The minimum Gasteiger partial charge on any atom is -0.378 e. The van der Waals surface area contributed by atoms with E-state index in [1.807, 2.05) is 6.07 Å². The molecular formula is C23H21F3N4O3. The smallest absolute Gasteiger partial charge is 0.378 e. The van der Waals surface area contributed by atoms with E-state index < -0.39 is 23.1 Å². The van der Waals surface area contributed by atoms with Crippen LogP contribution in [0.2, 0.25) is 0 Å². The molecule has 1 fully saturated rings. The first-order valence-corrected chi connectivity index (χ1v) is 10.2. The van der Waals surface area contributed by atoms with E-state index in [0.29, 0.717) is 37.7 Å². The van der Waals surface area contributed by atoms with Crippen molar-refractivity contribution >= 4 is 17.4 Å². The third-order valence-corrected chi connectivity index (χ3v) is 5.28. The quantitative estimate of drug-likeness (QED) is 0.646. The van der Waals surface area contributed by atoms with Crippen LogP contribution in [0.1, 0.15) is 21.6 Å². The Balaban J connectivity index is 1.64. The van der Waals surface area contributed by atoms with Crippen LogP contribution in [0.5, 0.6) is 0 Å². The predicted octanol–water partition coefficient (Wildman–Crippen LogP) is 3.65. The van der Waals surface area contributed by atoms with Crippen LogP contribution in [-0.2, 0) is 10.9 Å². The second kappa shape index (κ2) is 9.07. The topological polar surface area (TPSA) is 76.5 Å². The van der Waals surface area contributed by atoms with Gasteiger partial charge in [0, 0.05) is 49.0 Å². The summed E-state index contributed by atoms with van der Waals surface area (Å²) in [6, 6.07) is 9.16. The van der Waals surface area contributed by atoms with E-state index in [9.17, 15) is 22.8 Å². The summed E-state index contributed by atoms with van der Waals surface area (Å²) in [4.78, 5) is 31.7. The second-order valence-corrected chi connectivity index (χ2v) is 7.57. The molecule has 0 spiro atoms. The molecule has 0 saturated carbocycles. The van der Waals surface area contributed by atoms with E-state index in [1.165, 1.54) is 24.4 Å². The van der Waals surface area contributed by atoms with Gasteiger partial charge in [-0.2, -0.15) is 13.2 Å². The summed E-state index contributed by atoms with van der Waals surface area (Å²) in [6.07, 6.45) is -1.52. The zero-order chi connectivity index (χ0) is 23.6. The number of benzene rings is 1. The SMILES string of the molecule is Cc1cc(=O)c(C(=O)Nc2cccc(C(F)(F)F)c2)cn1-c1ccnc(N2CCOCC2)c1. The van der Waals surface area contributed by atoms with Crippen LogP contribution in [0.3, 0.4) is 0 Å². The Bertz CT molecular complexity index is 1230. The van der Waals surface area contributed by atoms with Crippen LogP contribution in [-0.4, -0.2) is 41.8 Å². The molecule has 0 radical (unpaired) electrons. The van der Waals surface area contributed by atoms with E-state index >= 15 is 0 Å². The number of nitrogens with zero attached hydrogens (tertiary/aromatic N) is 3. The maximum atomic E-state index is 13.0. The fourth-order valence-electron chi connectivity index (χ4n) is 3.57. The van der Waals surface area contributed by atoms with Crippen LogP contribution < -0.4 is 15.6 Å². The van der Waals surface area contributed by atoms with Crippen LogP contribution in [0.15, 0.2) is 59.7 Å². The number of amides is 1. The number of aromatic nitrogens is 2. The number of nitrogens with one attached hydrogen (secondary N) is 1. The van der Waals surface area contributed by atoms with Gasteiger partial charge in [0.05, 0.1) is 24.5 Å². The number of alkyl halides is 3. The van der Waals surface area contributed by atoms with Crippen molar-refractivity contribution in [1.29, 1.82) is 0 Å². The van der Waals surface area contributed by atoms with Gasteiger partial charge < -0.3 is 19.5 Å². The molecule has 0 unspecified atom stereocenters. The Morgan fingerprint density at radius 2 is 1.88 bits per heavy atom. The van der Waals surface area contributed by atoms with Crippen molar-refractivity contribution in [1.82, 2.24) is 9.55 Å². The van der Waals surface area contributed by atoms with E-state index in [2.05, 4.69) is 15.2 Å². The van der Waals surface area contributed by atoms with Crippen LogP contribution in [0.4, 0.5) is 24.7 Å². The van der Waals surface area contributed by atoms with Crippen molar-refractivity contribution in [2.45, 2.75) is 13.1 Å². The minimum atomic E-state index is -4.54. The first kappa shape index (κ1) is 22.5. The lowest BCUT2D eigenvalue weighted by Crippen LogP contribution is -2.36. The van der Waals surface area contributed by atoms with Crippen molar-refractivity contribution in [3.63, 3.8) is 0 Å². The number of halogens is 3. The standard InChI is InChI=1S/C23H21F3N4O3/c1-15-11-20(31)19(22(32)28-17-4-2-3-16(12-17)23(24,25)26)14-30(15)18-5-6-27-21(13-18)29-7-9-33-10-8-29/h2-6,11-14H,7-10H2,1H3,(H,28,32). The van der Waals surface area contributed by atoms with Gasteiger partial charge in [-0.1, -0.05) is 6.07 Å². The average molecular weight is 458 g/mol. The zero-order valence-corrected chi connectivity index (χ0v) is 17.7. The number of hydrogen-bond donors (Lipinski definition) is 1. The highest BCUT2D eigenvalue weighted by Gasteiger charge is 2.30. The van der Waals surface area contributed by atoms with Gasteiger partial charge in [0.15, 0.2) is 5.43 Å². The number of pyridine rings is 2. The summed E-state index contributed by atoms with van der Waals surface area (Å²) in [5.41, 5.74) is -0.390. The molecule has 172 valence electrons. The molecule has 1 aliphatic rings. The van der Waals surface area contributed by atoms with Gasteiger partial charge in [0.1, 0.15) is 11.4 Å². The Kier molecular flexibility index (Phi) is 6.19. The summed E-state index contributed by atoms with van der Waals surface area (Å²) in [7, 11) is 0. The molecular weight excluding hydrogens is 437 g/mol. The molecule has 0 atom stereocenters. The van der Waals surface area contributed by atoms with Crippen LogP contribution in [0, 0.1) is 6.92 Å². The number of aryl methyl sites for hydroxylation is 1.